The second-order valence-corrected chi connectivity index (χ2v) is 5.96. The molecule has 0 spiro atoms. The van der Waals surface area contributed by atoms with Crippen LogP contribution in [0, 0.1) is 0 Å². The minimum absolute atomic E-state index is 0.312. The Hall–Kier alpha value is -2.33. The molecule has 0 bridgehead atoms. The van der Waals surface area contributed by atoms with Crippen LogP contribution in [0.15, 0.2) is 66.6 Å². The van der Waals surface area contributed by atoms with Crippen molar-refractivity contribution in [2.24, 2.45) is 0 Å². The van der Waals surface area contributed by atoms with Crippen LogP contribution in [0.5, 0.6) is 0 Å². The standard InChI is InChI=1S/C22H22F3N/c1-16(20-13-5-10-18-9-2-3-12-21(18)20)26-14-6-8-17-7-4-11-19(15-17)22(23,24)25/h2-5,7,9-13,15-16,26H,6,8,14H2,1H3/t16-/m1/s1/i4D,7D,11D,14D2,15D. The van der Waals surface area contributed by atoms with Gasteiger partial charge in [-0.15, -0.1) is 0 Å². The zero-order valence-corrected chi connectivity index (χ0v) is 14.2. The van der Waals surface area contributed by atoms with Crippen molar-refractivity contribution in [3.63, 3.8) is 0 Å². The maximum atomic E-state index is 13.3. The molecule has 1 nitrogen and oxygen atoms in total. The van der Waals surface area contributed by atoms with Gasteiger partial charge in [0, 0.05) is 8.78 Å². The van der Waals surface area contributed by atoms with Gasteiger partial charge in [-0.25, -0.2) is 0 Å². The number of nitrogens with one attached hydrogen (secondary N) is 1. The maximum absolute atomic E-state index is 13.3. The first-order chi connectivity index (χ1) is 14.8. The molecule has 1 atom stereocenters. The van der Waals surface area contributed by atoms with E-state index in [1.54, 1.807) is 6.92 Å². The quantitative estimate of drug-likeness (QED) is 0.554. The molecule has 26 heavy (non-hydrogen) atoms. The summed E-state index contributed by atoms with van der Waals surface area (Å²) in [5.41, 5.74) is -1.09. The highest BCUT2D eigenvalue weighted by atomic mass is 19.4. The van der Waals surface area contributed by atoms with E-state index in [2.05, 4.69) is 5.32 Å². The van der Waals surface area contributed by atoms with Gasteiger partial charge < -0.3 is 5.32 Å². The molecule has 0 amide bonds. The van der Waals surface area contributed by atoms with E-state index in [1.165, 1.54) is 0 Å². The van der Waals surface area contributed by atoms with E-state index in [4.69, 9.17) is 8.22 Å². The molecule has 0 saturated heterocycles. The van der Waals surface area contributed by atoms with E-state index in [0.29, 0.717) is 0 Å². The minimum Gasteiger partial charge on any atom is -0.310 e. The largest absolute Gasteiger partial charge is 0.416 e. The van der Waals surface area contributed by atoms with Crippen LogP contribution < -0.4 is 5.32 Å². The molecule has 0 aliphatic heterocycles. The fraction of sp³-hybridized carbons (Fsp3) is 0.273. The first-order valence-electron chi connectivity index (χ1n) is 11.3. The summed E-state index contributed by atoms with van der Waals surface area (Å²) < 4.78 is 87.4. The molecule has 0 aliphatic carbocycles. The maximum Gasteiger partial charge on any atom is 0.416 e. The van der Waals surface area contributed by atoms with Gasteiger partial charge in [-0.05, 0) is 54.2 Å². The molecular weight excluding hydrogens is 335 g/mol. The van der Waals surface area contributed by atoms with Crippen molar-refractivity contribution in [3.8, 4) is 0 Å². The third-order valence-electron chi connectivity index (χ3n) is 4.07. The lowest BCUT2D eigenvalue weighted by Gasteiger charge is -2.17. The van der Waals surface area contributed by atoms with Crippen molar-refractivity contribution in [2.45, 2.75) is 32.0 Å². The first-order valence-corrected chi connectivity index (χ1v) is 8.25. The Morgan fingerprint density at radius 1 is 1.12 bits per heavy atom. The molecule has 0 aromatic heterocycles. The van der Waals surface area contributed by atoms with Crippen LogP contribution in [0.25, 0.3) is 10.8 Å². The number of alkyl halides is 3. The van der Waals surface area contributed by atoms with Gasteiger partial charge in [0.25, 0.3) is 0 Å². The Morgan fingerprint density at radius 2 is 1.88 bits per heavy atom. The lowest BCUT2D eigenvalue weighted by atomic mass is 9.99. The summed E-state index contributed by atoms with van der Waals surface area (Å²) in [7, 11) is 0. The van der Waals surface area contributed by atoms with E-state index in [1.807, 2.05) is 42.5 Å². The van der Waals surface area contributed by atoms with Crippen molar-refractivity contribution < 1.29 is 21.4 Å². The molecule has 4 heteroatoms. The van der Waals surface area contributed by atoms with Crippen molar-refractivity contribution >= 4 is 10.8 Å². The van der Waals surface area contributed by atoms with E-state index in [-0.39, 0.29) is 18.4 Å². The van der Waals surface area contributed by atoms with Gasteiger partial charge in [0.15, 0.2) is 0 Å². The number of benzene rings is 3. The normalized spacial score (nSPS) is 16.9. The van der Waals surface area contributed by atoms with Crippen molar-refractivity contribution in [2.75, 3.05) is 6.50 Å². The number of hydrogen-bond acceptors (Lipinski definition) is 1. The molecular formula is C22H22F3N. The predicted octanol–water partition coefficient (Wildman–Crippen LogP) is 6.14. The second kappa shape index (κ2) is 7.92. The van der Waals surface area contributed by atoms with Crippen LogP contribution in [0.4, 0.5) is 13.2 Å². The van der Waals surface area contributed by atoms with Crippen molar-refractivity contribution in [1.29, 1.82) is 0 Å². The molecule has 0 saturated carbocycles. The number of hydrogen-bond donors (Lipinski definition) is 1. The van der Waals surface area contributed by atoms with Gasteiger partial charge in [0.05, 0.1) is 11.0 Å². The minimum atomic E-state index is -5.01. The molecule has 3 aromatic rings. The van der Waals surface area contributed by atoms with Gasteiger partial charge in [0.2, 0.25) is 0 Å². The average Bonchev–Trinajstić information content (AvgIpc) is 2.70. The van der Waals surface area contributed by atoms with Crippen LogP contribution in [0.2, 0.25) is 0 Å². The van der Waals surface area contributed by atoms with Gasteiger partial charge in [0.1, 0.15) is 0 Å². The Labute approximate surface area is 160 Å². The van der Waals surface area contributed by atoms with Crippen LogP contribution in [-0.4, -0.2) is 6.50 Å². The highest BCUT2D eigenvalue weighted by Gasteiger charge is 2.30. The van der Waals surface area contributed by atoms with E-state index in [9.17, 15) is 13.2 Å². The molecule has 0 aliphatic rings. The highest BCUT2D eigenvalue weighted by Crippen LogP contribution is 2.29. The lowest BCUT2D eigenvalue weighted by Crippen LogP contribution is -2.20. The summed E-state index contributed by atoms with van der Waals surface area (Å²) in [5, 5.41) is 4.80. The van der Waals surface area contributed by atoms with Gasteiger partial charge >= 0.3 is 6.18 Å². The topological polar surface area (TPSA) is 12.0 Å². The number of fused-ring (bicyclic) bond motifs is 1. The fourth-order valence-corrected chi connectivity index (χ4v) is 2.77. The molecule has 0 unspecified atom stereocenters. The SMILES string of the molecule is [2H]c1c([2H])c(CCC([2H])([2H])N[C@H](C)c2cccc3ccccc23)c([2H])c(C(F)(F)F)c1[2H]. The molecule has 3 aromatic carbocycles. The average molecular weight is 363 g/mol. The zero-order valence-electron chi connectivity index (χ0n) is 20.2. The third-order valence-corrected chi connectivity index (χ3v) is 4.07. The predicted molar refractivity (Wildman–Crippen MR) is 100 cm³/mol. The van der Waals surface area contributed by atoms with E-state index >= 15 is 0 Å². The van der Waals surface area contributed by atoms with E-state index < -0.39 is 48.4 Å². The summed E-state index contributed by atoms with van der Waals surface area (Å²) in [6.45, 7) is -0.237. The van der Waals surface area contributed by atoms with Crippen molar-refractivity contribution in [1.82, 2.24) is 5.32 Å². The summed E-state index contributed by atoms with van der Waals surface area (Å²) >= 11 is 0. The molecule has 136 valence electrons. The Balaban J connectivity index is 1.84. The summed E-state index contributed by atoms with van der Waals surface area (Å²) in [6, 6.07) is 9.09. The molecule has 0 radical (unpaired) electrons. The Kier molecular flexibility index (Phi) is 3.69. The first kappa shape index (κ1) is 12.1. The van der Waals surface area contributed by atoms with Gasteiger partial charge in [-0.2, -0.15) is 13.2 Å². The summed E-state index contributed by atoms with van der Waals surface area (Å²) in [6.07, 6.45) is -5.67. The lowest BCUT2D eigenvalue weighted by molar-refractivity contribution is -0.137. The van der Waals surface area contributed by atoms with Crippen molar-refractivity contribution in [3.05, 3.63) is 83.3 Å². The third kappa shape index (κ3) is 4.44. The van der Waals surface area contributed by atoms with E-state index in [0.717, 1.165) is 16.3 Å². The second-order valence-electron chi connectivity index (χ2n) is 5.96. The Bertz CT molecular complexity index is 1140. The monoisotopic (exact) mass is 363 g/mol. The van der Waals surface area contributed by atoms with Crippen LogP contribution in [-0.2, 0) is 12.6 Å². The molecule has 0 heterocycles. The zero-order chi connectivity index (χ0) is 23.8. The van der Waals surface area contributed by atoms with Crippen LogP contribution in [0.3, 0.4) is 0 Å². The summed E-state index contributed by atoms with van der Waals surface area (Å²) in [5.74, 6) is 0. The van der Waals surface area contributed by atoms with Gasteiger partial charge in [-0.1, -0.05) is 60.6 Å². The Morgan fingerprint density at radius 3 is 2.69 bits per heavy atom. The molecule has 3 rings (SSSR count). The molecule has 0 fully saturated rings. The summed E-state index contributed by atoms with van der Waals surface area (Å²) in [4.78, 5) is 0. The molecule has 1 N–H and O–H groups in total. The number of halogens is 3. The fourth-order valence-electron chi connectivity index (χ4n) is 2.77. The van der Waals surface area contributed by atoms with Crippen LogP contribution in [0.1, 0.15) is 44.3 Å². The van der Waals surface area contributed by atoms with Gasteiger partial charge in [-0.3, -0.25) is 0 Å². The number of rotatable bonds is 6. The highest BCUT2D eigenvalue weighted by molar-refractivity contribution is 5.86. The smallest absolute Gasteiger partial charge is 0.310 e. The van der Waals surface area contributed by atoms with Crippen LogP contribution >= 0.6 is 0 Å².